The number of halogens is 3. The Kier molecular flexibility index (Phi) is 4.60. The third-order valence-corrected chi connectivity index (χ3v) is 3.17. The summed E-state index contributed by atoms with van der Waals surface area (Å²) in [5, 5.41) is 1.91. The van der Waals surface area contributed by atoms with Gasteiger partial charge in [0.2, 0.25) is 0 Å². The lowest BCUT2D eigenvalue weighted by Gasteiger charge is -2.08. The molecule has 0 aromatic heterocycles. The maximum absolute atomic E-state index is 13.4. The van der Waals surface area contributed by atoms with Crippen LogP contribution in [0.2, 0.25) is 0 Å². The molecule has 1 amide bonds. The zero-order valence-corrected chi connectivity index (χ0v) is 10.6. The van der Waals surface area contributed by atoms with Crippen molar-refractivity contribution >= 4 is 31.3 Å². The van der Waals surface area contributed by atoms with Crippen LogP contribution in [0.25, 0.3) is 0 Å². The van der Waals surface area contributed by atoms with E-state index in [4.69, 9.17) is 10.7 Å². The van der Waals surface area contributed by atoms with Crippen LogP contribution < -0.4 is 5.32 Å². The number of nitrogens with one attached hydrogen (secondary N) is 1. The largest absolute Gasteiger partial charge is 0.375 e. The molecule has 9 heteroatoms. The maximum Gasteiger partial charge on any atom is 0.261 e. The Morgan fingerprint density at radius 3 is 2.28 bits per heavy atom. The number of carbonyl (C=O) groups is 1. The van der Waals surface area contributed by atoms with Gasteiger partial charge in [-0.25, -0.2) is 17.2 Å². The molecule has 0 fully saturated rings. The fraction of sp³-hybridized carbons (Fsp3) is 0.222. The van der Waals surface area contributed by atoms with Crippen LogP contribution >= 0.6 is 10.7 Å². The van der Waals surface area contributed by atoms with Crippen molar-refractivity contribution < 1.29 is 26.7 Å². The summed E-state index contributed by atoms with van der Waals surface area (Å²) in [6.45, 7) is -0.394. The number of anilines is 1. The first-order valence-corrected chi connectivity index (χ1v) is 6.79. The predicted molar refractivity (Wildman–Crippen MR) is 59.9 cm³/mol. The zero-order chi connectivity index (χ0) is 13.9. The Bertz CT molecular complexity index is 553. The number of carbonyl (C=O) groups excluding carboxylic acids is 1. The molecule has 1 rings (SSSR count). The molecule has 0 atom stereocenters. The van der Waals surface area contributed by atoms with E-state index in [-0.39, 0.29) is 0 Å². The molecule has 0 heterocycles. The van der Waals surface area contributed by atoms with E-state index in [0.717, 1.165) is 0 Å². The van der Waals surface area contributed by atoms with Gasteiger partial charge in [0.05, 0.1) is 4.90 Å². The van der Waals surface area contributed by atoms with Gasteiger partial charge >= 0.3 is 0 Å². The Hall–Kier alpha value is -1.25. The van der Waals surface area contributed by atoms with Crippen LogP contribution in [0.4, 0.5) is 14.5 Å². The first-order valence-electron chi connectivity index (χ1n) is 4.48. The van der Waals surface area contributed by atoms with Crippen molar-refractivity contribution in [1.82, 2.24) is 0 Å². The Balaban J connectivity index is 3.13. The van der Waals surface area contributed by atoms with E-state index in [0.29, 0.717) is 12.1 Å². The molecule has 1 aromatic rings. The molecule has 0 spiro atoms. The summed E-state index contributed by atoms with van der Waals surface area (Å²) in [6.07, 6.45) is 0. The third-order valence-electron chi connectivity index (χ3n) is 1.84. The van der Waals surface area contributed by atoms with Gasteiger partial charge in [-0.15, -0.1) is 0 Å². The summed E-state index contributed by atoms with van der Waals surface area (Å²) >= 11 is 0. The lowest BCUT2D eigenvalue weighted by atomic mass is 10.3. The first kappa shape index (κ1) is 14.8. The average molecular weight is 300 g/mol. The minimum Gasteiger partial charge on any atom is -0.375 e. The molecular weight excluding hydrogens is 292 g/mol. The van der Waals surface area contributed by atoms with E-state index in [1.54, 1.807) is 0 Å². The maximum atomic E-state index is 13.4. The standard InChI is InChI=1S/C9H8ClF2NO4S/c1-17-4-8(14)13-9-6(11)2-5(3-7(9)12)18(10,15)16/h2-3H,4H2,1H3,(H,13,14). The average Bonchev–Trinajstić information content (AvgIpc) is 2.22. The van der Waals surface area contributed by atoms with Gasteiger partial charge in [-0.2, -0.15) is 0 Å². The van der Waals surface area contributed by atoms with Crippen molar-refractivity contribution in [2.45, 2.75) is 4.90 Å². The van der Waals surface area contributed by atoms with Gasteiger partial charge in [0.25, 0.3) is 15.0 Å². The van der Waals surface area contributed by atoms with Crippen molar-refractivity contribution in [1.29, 1.82) is 0 Å². The summed E-state index contributed by atoms with van der Waals surface area (Å²) in [5.41, 5.74) is -0.763. The summed E-state index contributed by atoms with van der Waals surface area (Å²) in [4.78, 5) is 10.4. The Morgan fingerprint density at radius 2 is 1.89 bits per heavy atom. The van der Waals surface area contributed by atoms with Crippen molar-refractivity contribution in [3.8, 4) is 0 Å². The molecule has 18 heavy (non-hydrogen) atoms. The van der Waals surface area contributed by atoms with Crippen LogP contribution in [0.5, 0.6) is 0 Å². The molecule has 0 saturated carbocycles. The number of benzene rings is 1. The van der Waals surface area contributed by atoms with E-state index >= 15 is 0 Å². The highest BCUT2D eigenvalue weighted by Gasteiger charge is 2.19. The van der Waals surface area contributed by atoms with Crippen molar-refractivity contribution in [3.05, 3.63) is 23.8 Å². The van der Waals surface area contributed by atoms with Gasteiger partial charge in [0.15, 0.2) is 11.6 Å². The monoisotopic (exact) mass is 299 g/mol. The van der Waals surface area contributed by atoms with Crippen molar-refractivity contribution in [3.63, 3.8) is 0 Å². The molecule has 0 aliphatic carbocycles. The highest BCUT2D eigenvalue weighted by Crippen LogP contribution is 2.25. The zero-order valence-electron chi connectivity index (χ0n) is 9.04. The van der Waals surface area contributed by atoms with Crippen LogP contribution in [-0.4, -0.2) is 28.0 Å². The smallest absolute Gasteiger partial charge is 0.261 e. The Labute approximate surface area is 106 Å². The molecule has 1 aromatic carbocycles. The van der Waals surface area contributed by atoms with E-state index in [9.17, 15) is 22.0 Å². The van der Waals surface area contributed by atoms with Gasteiger partial charge < -0.3 is 10.1 Å². The van der Waals surface area contributed by atoms with Gasteiger partial charge in [-0.1, -0.05) is 0 Å². The van der Waals surface area contributed by atoms with Gasteiger partial charge in [-0.3, -0.25) is 4.79 Å². The first-order chi connectivity index (χ1) is 8.25. The molecule has 100 valence electrons. The predicted octanol–water partition coefficient (Wildman–Crippen LogP) is 1.48. The van der Waals surface area contributed by atoms with Crippen molar-refractivity contribution in [2.75, 3.05) is 19.0 Å². The molecule has 0 radical (unpaired) electrons. The van der Waals surface area contributed by atoms with E-state index in [1.165, 1.54) is 7.11 Å². The van der Waals surface area contributed by atoms with E-state index < -0.39 is 43.8 Å². The normalized spacial score (nSPS) is 11.3. The lowest BCUT2D eigenvalue weighted by Crippen LogP contribution is -2.19. The van der Waals surface area contributed by atoms with Crippen LogP contribution in [0.3, 0.4) is 0 Å². The minimum atomic E-state index is -4.25. The van der Waals surface area contributed by atoms with Crippen molar-refractivity contribution in [2.24, 2.45) is 0 Å². The second kappa shape index (κ2) is 5.59. The van der Waals surface area contributed by atoms with Gasteiger partial charge in [0.1, 0.15) is 12.3 Å². The van der Waals surface area contributed by atoms with Gasteiger partial charge in [-0.05, 0) is 12.1 Å². The summed E-state index contributed by atoms with van der Waals surface area (Å²) in [6, 6.07) is 1.02. The lowest BCUT2D eigenvalue weighted by molar-refractivity contribution is -0.119. The van der Waals surface area contributed by atoms with Crippen LogP contribution in [0.15, 0.2) is 17.0 Å². The fourth-order valence-corrected chi connectivity index (χ4v) is 1.87. The molecule has 0 aliphatic rings. The molecule has 0 bridgehead atoms. The van der Waals surface area contributed by atoms with E-state index in [2.05, 4.69) is 4.74 Å². The van der Waals surface area contributed by atoms with Crippen LogP contribution in [0.1, 0.15) is 0 Å². The third kappa shape index (κ3) is 3.62. The summed E-state index contributed by atoms with van der Waals surface area (Å²) < 4.78 is 53.1. The summed E-state index contributed by atoms with van der Waals surface area (Å²) in [5.74, 6) is -3.28. The Morgan fingerprint density at radius 1 is 1.39 bits per heavy atom. The van der Waals surface area contributed by atoms with Crippen LogP contribution in [-0.2, 0) is 18.6 Å². The molecule has 0 unspecified atom stereocenters. The molecule has 0 aliphatic heterocycles. The van der Waals surface area contributed by atoms with E-state index in [1.807, 2.05) is 5.32 Å². The number of methoxy groups -OCH3 is 1. The fourth-order valence-electron chi connectivity index (χ4n) is 1.12. The molecule has 5 nitrogen and oxygen atoms in total. The van der Waals surface area contributed by atoms with Gasteiger partial charge in [0, 0.05) is 17.8 Å². The second-order valence-electron chi connectivity index (χ2n) is 3.18. The highest BCUT2D eigenvalue weighted by atomic mass is 35.7. The number of hydrogen-bond acceptors (Lipinski definition) is 4. The van der Waals surface area contributed by atoms with Crippen LogP contribution in [0, 0.1) is 11.6 Å². The topological polar surface area (TPSA) is 72.5 Å². The highest BCUT2D eigenvalue weighted by molar-refractivity contribution is 8.13. The number of amides is 1. The second-order valence-corrected chi connectivity index (χ2v) is 5.75. The number of ether oxygens (including phenoxy) is 1. The minimum absolute atomic E-state index is 0.394. The quantitative estimate of drug-likeness (QED) is 0.855. The molecular formula is C9H8ClF2NO4S. The molecule has 1 N–H and O–H groups in total. The molecule has 0 saturated heterocycles. The SMILES string of the molecule is COCC(=O)Nc1c(F)cc(S(=O)(=O)Cl)cc1F. The number of rotatable bonds is 4. The number of hydrogen-bond donors (Lipinski definition) is 1. The summed E-state index contributed by atoms with van der Waals surface area (Å²) in [7, 11) is 1.93.